The summed E-state index contributed by atoms with van der Waals surface area (Å²) in [6, 6.07) is 7.59. The molecular formula is C26H32N4O3S. The highest BCUT2D eigenvalue weighted by atomic mass is 32.2. The maximum Gasteiger partial charge on any atom is 0.262 e. The van der Waals surface area contributed by atoms with Crippen LogP contribution in [0.3, 0.4) is 0 Å². The van der Waals surface area contributed by atoms with E-state index in [-0.39, 0.29) is 11.0 Å². The van der Waals surface area contributed by atoms with Gasteiger partial charge in [0.05, 0.1) is 16.7 Å². The van der Waals surface area contributed by atoms with E-state index in [2.05, 4.69) is 10.2 Å². The van der Waals surface area contributed by atoms with Crippen molar-refractivity contribution in [3.05, 3.63) is 34.6 Å². The molecule has 0 radical (unpaired) electrons. The molecule has 4 fully saturated rings. The first kappa shape index (κ1) is 22.3. The zero-order valence-electron chi connectivity index (χ0n) is 19.7. The van der Waals surface area contributed by atoms with Gasteiger partial charge >= 0.3 is 0 Å². The number of thioether (sulfide) groups is 1. The highest BCUT2D eigenvalue weighted by Crippen LogP contribution is 2.60. The van der Waals surface area contributed by atoms with Gasteiger partial charge in [-0.2, -0.15) is 0 Å². The third-order valence-corrected chi connectivity index (χ3v) is 9.24. The Bertz CT molecular complexity index is 1260. The molecule has 4 bridgehead atoms. The summed E-state index contributed by atoms with van der Waals surface area (Å²) in [5, 5.41) is 10.2. The molecule has 0 saturated heterocycles. The number of aromatic nitrogens is 4. The Kier molecular flexibility index (Phi) is 5.76. The second-order valence-corrected chi connectivity index (χ2v) is 11.5. The molecule has 4 saturated carbocycles. The summed E-state index contributed by atoms with van der Waals surface area (Å²) < 4.78 is 9.11. The number of fused-ring (bicyclic) bond motifs is 3. The van der Waals surface area contributed by atoms with Crippen molar-refractivity contribution >= 4 is 34.2 Å². The fourth-order valence-electron chi connectivity index (χ4n) is 7.23. The van der Waals surface area contributed by atoms with Gasteiger partial charge in [0.2, 0.25) is 5.78 Å². The predicted molar refractivity (Wildman–Crippen MR) is 132 cm³/mol. The Balaban J connectivity index is 1.30. The number of Topliss-reactive ketones (excluding diaryl/α,β-unsaturated/α-hetero) is 1. The molecule has 8 heteroatoms. The molecule has 4 aliphatic rings. The van der Waals surface area contributed by atoms with Gasteiger partial charge in [0, 0.05) is 25.2 Å². The van der Waals surface area contributed by atoms with E-state index in [1.165, 1.54) is 31.0 Å². The number of hydrogen-bond donors (Lipinski definition) is 0. The lowest BCUT2D eigenvalue weighted by Gasteiger charge is -2.56. The number of nitrogens with zero attached hydrogens (tertiary/aromatic N) is 4. The molecule has 2 heterocycles. The summed E-state index contributed by atoms with van der Waals surface area (Å²) in [5.74, 6) is 3.61. The topological polar surface area (TPSA) is 78.5 Å². The van der Waals surface area contributed by atoms with E-state index in [0.29, 0.717) is 47.6 Å². The average molecular weight is 481 g/mol. The number of aryl methyl sites for hydroxylation is 1. The normalized spacial score (nSPS) is 27.7. The predicted octanol–water partition coefficient (Wildman–Crippen LogP) is 4.35. The van der Waals surface area contributed by atoms with Crippen LogP contribution < -0.4 is 5.56 Å². The largest absolute Gasteiger partial charge is 0.382 e. The fourth-order valence-corrected chi connectivity index (χ4v) is 8.21. The molecule has 0 aliphatic heterocycles. The summed E-state index contributed by atoms with van der Waals surface area (Å²) in [6.07, 6.45) is 7.98. The van der Waals surface area contributed by atoms with E-state index in [9.17, 15) is 9.59 Å². The van der Waals surface area contributed by atoms with Crippen LogP contribution >= 0.6 is 11.8 Å². The van der Waals surface area contributed by atoms with Gasteiger partial charge in [-0.1, -0.05) is 23.9 Å². The van der Waals surface area contributed by atoms with Gasteiger partial charge < -0.3 is 4.74 Å². The van der Waals surface area contributed by atoms with Gasteiger partial charge in [-0.05, 0) is 81.8 Å². The number of ketones is 1. The molecule has 0 spiro atoms. The lowest BCUT2D eigenvalue weighted by molar-refractivity contribution is -0.141. The van der Waals surface area contributed by atoms with E-state index in [4.69, 9.17) is 4.74 Å². The Morgan fingerprint density at radius 2 is 1.82 bits per heavy atom. The Labute approximate surface area is 203 Å². The second kappa shape index (κ2) is 8.79. The zero-order valence-corrected chi connectivity index (χ0v) is 20.6. The summed E-state index contributed by atoms with van der Waals surface area (Å²) in [6.45, 7) is 3.73. The quantitative estimate of drug-likeness (QED) is 0.335. The van der Waals surface area contributed by atoms with Crippen LogP contribution in [0.5, 0.6) is 0 Å². The lowest BCUT2D eigenvalue weighted by Crippen LogP contribution is -2.50. The highest BCUT2D eigenvalue weighted by molar-refractivity contribution is 7.99. The molecule has 0 amide bonds. The van der Waals surface area contributed by atoms with Crippen LogP contribution in [0.2, 0.25) is 0 Å². The lowest BCUT2D eigenvalue weighted by atomic mass is 9.48. The van der Waals surface area contributed by atoms with Crippen LogP contribution in [0.4, 0.5) is 0 Å². The molecule has 0 unspecified atom stereocenters. The van der Waals surface area contributed by atoms with Crippen LogP contribution in [0.1, 0.15) is 51.9 Å². The average Bonchev–Trinajstić information content (AvgIpc) is 3.25. The van der Waals surface area contributed by atoms with Crippen LogP contribution in [0.15, 0.2) is 34.2 Å². The number of ether oxygens (including phenoxy) is 1. The van der Waals surface area contributed by atoms with Crippen molar-refractivity contribution in [2.24, 2.45) is 23.2 Å². The molecule has 2 aromatic heterocycles. The minimum atomic E-state index is -0.105. The third-order valence-electron chi connectivity index (χ3n) is 8.31. The summed E-state index contributed by atoms with van der Waals surface area (Å²) in [4.78, 5) is 26.8. The smallest absolute Gasteiger partial charge is 0.262 e. The van der Waals surface area contributed by atoms with Crippen LogP contribution in [0.25, 0.3) is 16.7 Å². The van der Waals surface area contributed by atoms with Gasteiger partial charge in [0.25, 0.3) is 5.56 Å². The summed E-state index contributed by atoms with van der Waals surface area (Å²) in [7, 11) is 0. The van der Waals surface area contributed by atoms with E-state index < -0.39 is 0 Å². The molecule has 34 heavy (non-hydrogen) atoms. The van der Waals surface area contributed by atoms with Crippen LogP contribution in [0, 0.1) is 23.2 Å². The van der Waals surface area contributed by atoms with Crippen molar-refractivity contribution in [3.63, 3.8) is 0 Å². The fraction of sp³-hybridized carbons (Fsp3) is 0.615. The van der Waals surface area contributed by atoms with Gasteiger partial charge in [-0.25, -0.2) is 0 Å². The highest BCUT2D eigenvalue weighted by Gasteiger charge is 2.54. The maximum atomic E-state index is 13.6. The monoisotopic (exact) mass is 480 g/mol. The first-order valence-electron chi connectivity index (χ1n) is 12.7. The summed E-state index contributed by atoms with van der Waals surface area (Å²) in [5.41, 5.74) is 0.623. The molecule has 0 N–H and O–H groups in total. The van der Waals surface area contributed by atoms with Gasteiger partial charge in [-0.15, -0.1) is 10.2 Å². The van der Waals surface area contributed by atoms with E-state index in [1.807, 2.05) is 35.6 Å². The molecule has 7 rings (SSSR count). The Morgan fingerprint density at radius 3 is 2.53 bits per heavy atom. The van der Waals surface area contributed by atoms with Crippen molar-refractivity contribution in [1.82, 2.24) is 19.2 Å². The maximum absolute atomic E-state index is 13.6. The number of benzene rings is 1. The number of para-hydroxylation sites is 1. The molecule has 1 aromatic carbocycles. The number of hydrogen-bond acceptors (Lipinski definition) is 6. The van der Waals surface area contributed by atoms with Crippen LogP contribution in [-0.4, -0.2) is 43.9 Å². The molecule has 7 nitrogen and oxygen atoms in total. The first-order valence-corrected chi connectivity index (χ1v) is 13.7. The van der Waals surface area contributed by atoms with E-state index in [1.54, 1.807) is 4.57 Å². The molecular weight excluding hydrogens is 448 g/mol. The minimum Gasteiger partial charge on any atom is -0.382 e. The standard InChI is InChI=1S/C26H32N4O3S/c1-2-33-9-5-8-29-23(32)20-6-3-4-7-21(20)30-24(29)27-28-25(30)34-16-22(31)26-13-17-10-18(14-26)12-19(11-17)15-26/h3-4,6-7,17-19H,2,5,8-16H2,1H3. The van der Waals surface area contributed by atoms with Crippen molar-refractivity contribution in [2.45, 2.75) is 63.6 Å². The van der Waals surface area contributed by atoms with Crippen LogP contribution in [-0.2, 0) is 16.1 Å². The van der Waals surface area contributed by atoms with Crippen molar-refractivity contribution in [3.8, 4) is 0 Å². The second-order valence-electron chi connectivity index (χ2n) is 10.6. The number of carbonyl (C=O) groups excluding carboxylic acids is 1. The number of carbonyl (C=O) groups is 1. The Hall–Kier alpha value is -2.19. The number of rotatable bonds is 9. The van der Waals surface area contributed by atoms with Crippen molar-refractivity contribution < 1.29 is 9.53 Å². The molecule has 180 valence electrons. The van der Waals surface area contributed by atoms with Gasteiger partial charge in [0.1, 0.15) is 5.78 Å². The van der Waals surface area contributed by atoms with Gasteiger partial charge in [0.15, 0.2) is 5.16 Å². The van der Waals surface area contributed by atoms with E-state index >= 15 is 0 Å². The molecule has 4 aliphatic carbocycles. The minimum absolute atomic E-state index is 0.0619. The first-order chi connectivity index (χ1) is 16.6. The molecule has 0 atom stereocenters. The third kappa shape index (κ3) is 3.70. The molecule has 3 aromatic rings. The zero-order chi connectivity index (χ0) is 23.3. The van der Waals surface area contributed by atoms with E-state index in [0.717, 1.165) is 49.0 Å². The summed E-state index contributed by atoms with van der Waals surface area (Å²) >= 11 is 1.47. The van der Waals surface area contributed by atoms with Crippen molar-refractivity contribution in [2.75, 3.05) is 19.0 Å². The van der Waals surface area contributed by atoms with Crippen molar-refractivity contribution in [1.29, 1.82) is 0 Å². The SMILES string of the molecule is CCOCCCn1c(=O)c2ccccc2n2c(SCC(=O)C34CC5CC(CC(C5)C3)C4)nnc12. The Morgan fingerprint density at radius 1 is 1.12 bits per heavy atom. The van der Waals surface area contributed by atoms with Gasteiger partial charge in [-0.3, -0.25) is 18.6 Å².